The van der Waals surface area contributed by atoms with E-state index in [-0.39, 0.29) is 45.9 Å². The molecule has 2 aliphatic heterocycles. The highest BCUT2D eigenvalue weighted by Crippen LogP contribution is 2.33. The number of benzene rings is 2. The summed E-state index contributed by atoms with van der Waals surface area (Å²) in [6.45, 7) is 0. The zero-order chi connectivity index (χ0) is 22.6. The molecule has 160 valence electrons. The van der Waals surface area contributed by atoms with Crippen LogP contribution in [0.4, 0.5) is 4.39 Å². The minimum absolute atomic E-state index is 0.0203. The SMILES string of the molecule is O=C1CCC(N2C(=O)c3cccc(-n4cc(-c5c(F)cccc5Cl)nn4)c3C2=O)C(=O)N1. The molecule has 1 N–H and O–H groups in total. The number of halogens is 2. The average molecular weight is 454 g/mol. The number of amides is 4. The van der Waals surface area contributed by atoms with Crippen molar-refractivity contribution in [3.8, 4) is 16.9 Å². The fourth-order valence-corrected chi connectivity index (χ4v) is 4.19. The fraction of sp³-hybridized carbons (Fsp3) is 0.143. The maximum absolute atomic E-state index is 14.3. The second kappa shape index (κ2) is 7.34. The molecule has 1 fully saturated rings. The van der Waals surface area contributed by atoms with Crippen LogP contribution in [-0.4, -0.2) is 49.6 Å². The molecular weight excluding hydrogens is 441 g/mol. The van der Waals surface area contributed by atoms with Gasteiger partial charge in [-0.3, -0.25) is 29.4 Å². The second-order valence-corrected chi connectivity index (χ2v) is 7.70. The highest BCUT2D eigenvalue weighted by molar-refractivity contribution is 6.33. The van der Waals surface area contributed by atoms with Gasteiger partial charge in [-0.15, -0.1) is 5.10 Å². The van der Waals surface area contributed by atoms with E-state index in [0.29, 0.717) is 0 Å². The normalized spacial score (nSPS) is 18.2. The van der Waals surface area contributed by atoms with E-state index in [2.05, 4.69) is 15.6 Å². The highest BCUT2D eigenvalue weighted by Gasteiger charge is 2.45. The van der Waals surface area contributed by atoms with Gasteiger partial charge >= 0.3 is 0 Å². The van der Waals surface area contributed by atoms with Gasteiger partial charge in [0.05, 0.1) is 33.6 Å². The predicted octanol–water partition coefficient (Wildman–Crippen LogP) is 2.13. The van der Waals surface area contributed by atoms with Gasteiger partial charge in [0.1, 0.15) is 17.6 Å². The Hall–Kier alpha value is -3.92. The van der Waals surface area contributed by atoms with Gasteiger partial charge in [-0.05, 0) is 30.7 Å². The third-order valence-corrected chi connectivity index (χ3v) is 5.72. The topological polar surface area (TPSA) is 114 Å². The Morgan fingerprint density at radius 1 is 1.03 bits per heavy atom. The number of piperidine rings is 1. The molecule has 4 amide bonds. The van der Waals surface area contributed by atoms with Crippen LogP contribution in [-0.2, 0) is 9.59 Å². The van der Waals surface area contributed by atoms with Gasteiger partial charge in [-0.25, -0.2) is 9.07 Å². The second-order valence-electron chi connectivity index (χ2n) is 7.29. The monoisotopic (exact) mass is 453 g/mol. The molecule has 0 spiro atoms. The molecule has 1 atom stereocenters. The van der Waals surface area contributed by atoms with Crippen LogP contribution < -0.4 is 5.32 Å². The van der Waals surface area contributed by atoms with E-state index < -0.39 is 35.5 Å². The number of nitrogens with one attached hydrogen (secondary N) is 1. The van der Waals surface area contributed by atoms with Crippen LogP contribution in [0.3, 0.4) is 0 Å². The zero-order valence-corrected chi connectivity index (χ0v) is 17.0. The predicted molar refractivity (Wildman–Crippen MR) is 108 cm³/mol. The molecule has 9 nitrogen and oxygen atoms in total. The van der Waals surface area contributed by atoms with E-state index >= 15 is 0 Å². The summed E-state index contributed by atoms with van der Waals surface area (Å²) in [6, 6.07) is 7.71. The first-order valence-corrected chi connectivity index (χ1v) is 9.96. The number of hydrogen-bond acceptors (Lipinski definition) is 6. The van der Waals surface area contributed by atoms with E-state index in [1.165, 1.54) is 35.1 Å². The zero-order valence-electron chi connectivity index (χ0n) is 16.2. The largest absolute Gasteiger partial charge is 0.295 e. The third-order valence-electron chi connectivity index (χ3n) is 5.41. The van der Waals surface area contributed by atoms with E-state index in [4.69, 9.17) is 11.6 Å². The van der Waals surface area contributed by atoms with Crippen molar-refractivity contribution in [2.45, 2.75) is 18.9 Å². The first-order chi connectivity index (χ1) is 15.4. The van der Waals surface area contributed by atoms with Gasteiger partial charge in [0.15, 0.2) is 0 Å². The fourth-order valence-electron chi connectivity index (χ4n) is 3.93. The van der Waals surface area contributed by atoms with Crippen LogP contribution in [0.15, 0.2) is 42.6 Å². The molecule has 0 saturated carbocycles. The van der Waals surface area contributed by atoms with Crippen molar-refractivity contribution in [2.24, 2.45) is 0 Å². The van der Waals surface area contributed by atoms with Crippen LogP contribution in [0.1, 0.15) is 33.6 Å². The number of rotatable bonds is 3. The van der Waals surface area contributed by atoms with Crippen molar-refractivity contribution in [1.29, 1.82) is 0 Å². The smallest absolute Gasteiger partial charge is 0.264 e. The number of fused-ring (bicyclic) bond motifs is 1. The molecule has 0 bridgehead atoms. The molecule has 0 radical (unpaired) electrons. The van der Waals surface area contributed by atoms with Gasteiger partial charge in [-0.2, -0.15) is 0 Å². The quantitative estimate of drug-likeness (QED) is 0.608. The van der Waals surface area contributed by atoms with Crippen molar-refractivity contribution in [1.82, 2.24) is 25.2 Å². The Labute approximate surface area is 184 Å². The standard InChI is InChI=1S/C21H13ClFN5O4/c22-11-4-2-5-12(23)18(11)13-9-27(26-25-13)14-6-1-3-10-17(14)21(32)28(20(10)31)15-7-8-16(29)24-19(15)30/h1-6,9,15H,7-8H2,(H,24,29,30). The molecule has 5 rings (SSSR count). The van der Waals surface area contributed by atoms with Crippen molar-refractivity contribution in [2.75, 3.05) is 0 Å². The van der Waals surface area contributed by atoms with E-state index in [0.717, 1.165) is 4.90 Å². The third kappa shape index (κ3) is 2.99. The van der Waals surface area contributed by atoms with E-state index in [9.17, 15) is 23.6 Å². The number of carbonyl (C=O) groups excluding carboxylic acids is 4. The van der Waals surface area contributed by atoms with E-state index in [1.807, 2.05) is 0 Å². The van der Waals surface area contributed by atoms with Crippen LogP contribution >= 0.6 is 11.6 Å². The number of aromatic nitrogens is 3. The van der Waals surface area contributed by atoms with Crippen molar-refractivity contribution in [3.05, 3.63) is 64.6 Å². The lowest BCUT2D eigenvalue weighted by Gasteiger charge is -2.27. The lowest BCUT2D eigenvalue weighted by Crippen LogP contribution is -2.54. The lowest BCUT2D eigenvalue weighted by molar-refractivity contribution is -0.136. The molecule has 2 aliphatic rings. The van der Waals surface area contributed by atoms with Gasteiger partial charge in [0, 0.05) is 6.42 Å². The summed E-state index contributed by atoms with van der Waals surface area (Å²) in [7, 11) is 0. The number of nitrogens with zero attached hydrogens (tertiary/aromatic N) is 4. The van der Waals surface area contributed by atoms with Crippen LogP contribution in [0, 0.1) is 5.82 Å². The molecule has 2 aromatic carbocycles. The van der Waals surface area contributed by atoms with Gasteiger partial charge in [0.2, 0.25) is 11.8 Å². The summed E-state index contributed by atoms with van der Waals surface area (Å²) >= 11 is 6.10. The Bertz CT molecular complexity index is 1320. The first kappa shape index (κ1) is 20.0. The molecular formula is C21H13ClFN5O4. The summed E-state index contributed by atoms with van der Waals surface area (Å²) in [6.07, 6.45) is 1.46. The molecule has 3 heterocycles. The average Bonchev–Trinajstić information content (AvgIpc) is 3.32. The number of hydrogen-bond donors (Lipinski definition) is 1. The van der Waals surface area contributed by atoms with Gasteiger partial charge < -0.3 is 0 Å². The summed E-state index contributed by atoms with van der Waals surface area (Å²) in [4.78, 5) is 50.7. The molecule has 3 aromatic rings. The van der Waals surface area contributed by atoms with Crippen molar-refractivity contribution in [3.63, 3.8) is 0 Å². The summed E-state index contributed by atoms with van der Waals surface area (Å²) < 4.78 is 15.5. The van der Waals surface area contributed by atoms with Crippen LogP contribution in [0.5, 0.6) is 0 Å². The molecule has 1 aromatic heterocycles. The highest BCUT2D eigenvalue weighted by atomic mass is 35.5. The molecule has 11 heteroatoms. The summed E-state index contributed by atoms with van der Waals surface area (Å²) in [5.74, 6) is -3.06. The van der Waals surface area contributed by atoms with Gasteiger partial charge in [0.25, 0.3) is 11.8 Å². The molecule has 0 aliphatic carbocycles. The van der Waals surface area contributed by atoms with Crippen molar-refractivity contribution >= 4 is 35.2 Å². The Morgan fingerprint density at radius 2 is 1.81 bits per heavy atom. The molecule has 32 heavy (non-hydrogen) atoms. The summed E-state index contributed by atoms with van der Waals surface area (Å²) in [5.41, 5.74) is 0.573. The summed E-state index contributed by atoms with van der Waals surface area (Å²) in [5, 5.41) is 10.2. The maximum Gasteiger partial charge on any atom is 0.264 e. The Kier molecular flexibility index (Phi) is 4.59. The van der Waals surface area contributed by atoms with Gasteiger partial charge in [-0.1, -0.05) is 28.9 Å². The van der Waals surface area contributed by atoms with Crippen LogP contribution in [0.2, 0.25) is 5.02 Å². The van der Waals surface area contributed by atoms with Crippen LogP contribution in [0.25, 0.3) is 16.9 Å². The maximum atomic E-state index is 14.3. The minimum atomic E-state index is -1.09. The molecule has 1 saturated heterocycles. The lowest BCUT2D eigenvalue weighted by atomic mass is 10.0. The molecule has 1 unspecified atom stereocenters. The number of carbonyl (C=O) groups is 4. The first-order valence-electron chi connectivity index (χ1n) is 9.58. The Morgan fingerprint density at radius 3 is 2.56 bits per heavy atom. The van der Waals surface area contributed by atoms with E-state index in [1.54, 1.807) is 12.1 Å². The number of imide groups is 2. The minimum Gasteiger partial charge on any atom is -0.295 e. The van der Waals surface area contributed by atoms with Crippen molar-refractivity contribution < 1.29 is 23.6 Å². The Balaban J connectivity index is 1.55.